The summed E-state index contributed by atoms with van der Waals surface area (Å²) in [5.41, 5.74) is 2.37. The molecule has 1 saturated carbocycles. The highest BCUT2D eigenvalue weighted by atomic mass is 16.5. The molecule has 0 spiro atoms. The lowest BCUT2D eigenvalue weighted by molar-refractivity contribution is 0.305. The van der Waals surface area contributed by atoms with Crippen molar-refractivity contribution in [1.82, 2.24) is 10.1 Å². The van der Waals surface area contributed by atoms with Crippen molar-refractivity contribution in [2.75, 3.05) is 5.43 Å². The summed E-state index contributed by atoms with van der Waals surface area (Å²) in [6.45, 7) is 2.26. The maximum absolute atomic E-state index is 5.19. The average Bonchev–Trinajstić information content (AvgIpc) is 2.78. The van der Waals surface area contributed by atoms with Gasteiger partial charge in [-0.15, -0.1) is 0 Å². The molecular formula is C10H18N4O. The van der Waals surface area contributed by atoms with Gasteiger partial charge in [-0.3, -0.25) is 5.43 Å². The number of nitrogen functional groups attached to an aromatic ring is 1. The van der Waals surface area contributed by atoms with E-state index in [0.717, 1.165) is 11.7 Å². The van der Waals surface area contributed by atoms with Gasteiger partial charge in [-0.2, -0.15) is 4.98 Å². The van der Waals surface area contributed by atoms with Crippen molar-refractivity contribution in [1.29, 1.82) is 0 Å². The number of hydrazine groups is 1. The Morgan fingerprint density at radius 1 is 1.40 bits per heavy atom. The van der Waals surface area contributed by atoms with Gasteiger partial charge in [0.25, 0.3) is 0 Å². The lowest BCUT2D eigenvalue weighted by atomic mass is 9.80. The van der Waals surface area contributed by atoms with Crippen LogP contribution in [-0.2, 0) is 0 Å². The van der Waals surface area contributed by atoms with Crippen molar-refractivity contribution in [2.24, 2.45) is 11.8 Å². The molecule has 2 rings (SSSR count). The molecule has 0 saturated heterocycles. The predicted molar refractivity (Wildman–Crippen MR) is 57.1 cm³/mol. The van der Waals surface area contributed by atoms with Crippen molar-refractivity contribution in [2.45, 2.75) is 44.9 Å². The first-order chi connectivity index (χ1) is 7.33. The molecule has 1 aliphatic carbocycles. The molecule has 5 heteroatoms. The fraction of sp³-hybridized carbons (Fsp3) is 0.800. The molecule has 0 amide bonds. The minimum Gasteiger partial charge on any atom is -0.314 e. The largest absolute Gasteiger partial charge is 0.335 e. The molecule has 15 heavy (non-hydrogen) atoms. The van der Waals surface area contributed by atoms with Crippen LogP contribution in [0.1, 0.15) is 50.8 Å². The summed E-state index contributed by atoms with van der Waals surface area (Å²) in [5.74, 6) is 7.34. The van der Waals surface area contributed by atoms with E-state index in [2.05, 4.69) is 22.5 Å². The number of aromatic nitrogens is 2. The van der Waals surface area contributed by atoms with E-state index < -0.39 is 0 Å². The molecule has 0 aliphatic heterocycles. The molecule has 1 aromatic rings. The van der Waals surface area contributed by atoms with Gasteiger partial charge in [-0.05, 0) is 31.6 Å². The number of rotatable bonds is 3. The van der Waals surface area contributed by atoms with Crippen molar-refractivity contribution in [3.05, 3.63) is 5.82 Å². The van der Waals surface area contributed by atoms with Gasteiger partial charge in [0.15, 0.2) is 5.82 Å². The van der Waals surface area contributed by atoms with Gasteiger partial charge >= 0.3 is 6.01 Å². The molecule has 0 bridgehead atoms. The molecule has 0 aromatic carbocycles. The predicted octanol–water partition coefficient (Wildman–Crippen LogP) is 2.04. The summed E-state index contributed by atoms with van der Waals surface area (Å²) < 4.78 is 4.92. The van der Waals surface area contributed by atoms with E-state index in [1.807, 2.05) is 0 Å². The monoisotopic (exact) mass is 210 g/mol. The maximum atomic E-state index is 5.19. The molecule has 1 fully saturated rings. The van der Waals surface area contributed by atoms with Gasteiger partial charge in [0.1, 0.15) is 0 Å². The van der Waals surface area contributed by atoms with Crippen LogP contribution in [0.3, 0.4) is 0 Å². The second-order valence-electron chi connectivity index (χ2n) is 4.23. The van der Waals surface area contributed by atoms with E-state index >= 15 is 0 Å². The van der Waals surface area contributed by atoms with Crippen molar-refractivity contribution in [3.63, 3.8) is 0 Å². The van der Waals surface area contributed by atoms with E-state index in [9.17, 15) is 0 Å². The lowest BCUT2D eigenvalue weighted by Gasteiger charge is -2.25. The Bertz CT molecular complexity index is 304. The molecule has 84 valence electrons. The minimum atomic E-state index is 0.308. The summed E-state index contributed by atoms with van der Waals surface area (Å²) in [6, 6.07) is 0.308. The van der Waals surface area contributed by atoms with E-state index in [4.69, 9.17) is 10.4 Å². The summed E-state index contributed by atoms with van der Waals surface area (Å²) in [6.07, 6.45) is 6.18. The van der Waals surface area contributed by atoms with Gasteiger partial charge in [0, 0.05) is 5.92 Å². The average molecular weight is 210 g/mol. The SMILES string of the molecule is CCC1CCC(c2noc(NN)n2)CC1. The molecule has 0 radical (unpaired) electrons. The number of anilines is 1. The van der Waals surface area contributed by atoms with Crippen LogP contribution >= 0.6 is 0 Å². The van der Waals surface area contributed by atoms with Crippen LogP contribution in [0.4, 0.5) is 6.01 Å². The molecular weight excluding hydrogens is 192 g/mol. The molecule has 0 atom stereocenters. The molecule has 5 nitrogen and oxygen atoms in total. The Morgan fingerprint density at radius 2 is 2.13 bits per heavy atom. The molecule has 0 unspecified atom stereocenters. The van der Waals surface area contributed by atoms with Crippen LogP contribution in [0, 0.1) is 5.92 Å². The van der Waals surface area contributed by atoms with Crippen LogP contribution in [0.15, 0.2) is 4.52 Å². The second kappa shape index (κ2) is 4.61. The van der Waals surface area contributed by atoms with E-state index in [-0.39, 0.29) is 0 Å². The number of nitrogens with zero attached hydrogens (tertiary/aromatic N) is 2. The van der Waals surface area contributed by atoms with Gasteiger partial charge in [0.2, 0.25) is 0 Å². The normalized spacial score (nSPS) is 26.5. The molecule has 1 aromatic heterocycles. The van der Waals surface area contributed by atoms with Crippen molar-refractivity contribution < 1.29 is 4.52 Å². The zero-order chi connectivity index (χ0) is 10.7. The number of nitrogens with two attached hydrogens (primary N) is 1. The van der Waals surface area contributed by atoms with Gasteiger partial charge in [-0.25, -0.2) is 5.84 Å². The minimum absolute atomic E-state index is 0.308. The van der Waals surface area contributed by atoms with Crippen LogP contribution in [-0.4, -0.2) is 10.1 Å². The Balaban J connectivity index is 1.95. The van der Waals surface area contributed by atoms with Crippen molar-refractivity contribution in [3.8, 4) is 0 Å². The summed E-state index contributed by atoms with van der Waals surface area (Å²) in [5, 5.41) is 3.93. The van der Waals surface area contributed by atoms with Crippen LogP contribution in [0.5, 0.6) is 0 Å². The Labute approximate surface area is 89.4 Å². The molecule has 1 aliphatic rings. The molecule has 1 heterocycles. The maximum Gasteiger partial charge on any atom is 0.335 e. The Hall–Kier alpha value is -1.10. The zero-order valence-corrected chi connectivity index (χ0v) is 9.07. The van der Waals surface area contributed by atoms with Gasteiger partial charge in [0.05, 0.1) is 0 Å². The van der Waals surface area contributed by atoms with Gasteiger partial charge in [-0.1, -0.05) is 18.5 Å². The highest BCUT2D eigenvalue weighted by molar-refractivity contribution is 5.16. The van der Waals surface area contributed by atoms with Crippen LogP contribution in [0.25, 0.3) is 0 Å². The number of nitrogens with one attached hydrogen (secondary N) is 1. The molecule has 3 N–H and O–H groups in total. The summed E-state index contributed by atoms with van der Waals surface area (Å²) >= 11 is 0. The summed E-state index contributed by atoms with van der Waals surface area (Å²) in [4.78, 5) is 4.19. The van der Waals surface area contributed by atoms with Crippen LogP contribution < -0.4 is 11.3 Å². The van der Waals surface area contributed by atoms with E-state index in [1.54, 1.807) is 0 Å². The topological polar surface area (TPSA) is 77.0 Å². The first-order valence-corrected chi connectivity index (χ1v) is 5.63. The Kier molecular flexibility index (Phi) is 3.20. The third kappa shape index (κ3) is 2.28. The quantitative estimate of drug-likeness (QED) is 0.589. The second-order valence-corrected chi connectivity index (χ2v) is 4.23. The smallest absolute Gasteiger partial charge is 0.314 e. The number of hydrogen-bond acceptors (Lipinski definition) is 5. The van der Waals surface area contributed by atoms with Crippen LogP contribution in [0.2, 0.25) is 0 Å². The van der Waals surface area contributed by atoms with Gasteiger partial charge < -0.3 is 4.52 Å². The highest BCUT2D eigenvalue weighted by Gasteiger charge is 2.24. The highest BCUT2D eigenvalue weighted by Crippen LogP contribution is 2.35. The Morgan fingerprint density at radius 3 is 2.67 bits per heavy atom. The first kappa shape index (κ1) is 10.4. The zero-order valence-electron chi connectivity index (χ0n) is 9.07. The number of hydrogen-bond donors (Lipinski definition) is 2. The first-order valence-electron chi connectivity index (χ1n) is 5.63. The fourth-order valence-electron chi connectivity index (χ4n) is 2.29. The third-order valence-corrected chi connectivity index (χ3v) is 3.35. The summed E-state index contributed by atoms with van der Waals surface area (Å²) in [7, 11) is 0. The van der Waals surface area contributed by atoms with E-state index in [1.165, 1.54) is 32.1 Å². The third-order valence-electron chi connectivity index (χ3n) is 3.35. The van der Waals surface area contributed by atoms with Crippen molar-refractivity contribution >= 4 is 6.01 Å². The fourth-order valence-corrected chi connectivity index (χ4v) is 2.29. The van der Waals surface area contributed by atoms with E-state index in [0.29, 0.717) is 11.9 Å². The standard InChI is InChI=1S/C10H18N4O/c1-2-7-3-5-8(6-4-7)9-12-10(13-11)15-14-9/h7-8H,2-6,11H2,1H3,(H,12,13,14). The lowest BCUT2D eigenvalue weighted by Crippen LogP contribution is -2.14.